The predicted molar refractivity (Wildman–Crippen MR) is 88.8 cm³/mol. The van der Waals surface area contributed by atoms with Gasteiger partial charge in [0.05, 0.1) is 16.1 Å². The minimum atomic E-state index is -4.64. The number of benzene rings is 2. The van der Waals surface area contributed by atoms with Gasteiger partial charge in [-0.05, 0) is 58.7 Å². The Morgan fingerprint density at radius 1 is 1.04 bits per heavy atom. The van der Waals surface area contributed by atoms with Crippen molar-refractivity contribution in [3.05, 3.63) is 56.5 Å². The molecule has 0 aliphatic rings. The molecule has 0 heterocycles. The summed E-state index contributed by atoms with van der Waals surface area (Å²) in [5, 5.41) is 0. The minimum absolute atomic E-state index is 0.0238. The highest BCUT2D eigenvalue weighted by Gasteiger charge is 2.32. The molecule has 0 amide bonds. The lowest BCUT2D eigenvalue weighted by Crippen LogP contribution is -2.15. The van der Waals surface area contributed by atoms with Gasteiger partial charge in [-0.2, -0.15) is 13.2 Å². The molecule has 0 saturated heterocycles. The number of halogens is 5. The number of aryl methyl sites for hydroxylation is 1. The highest BCUT2D eigenvalue weighted by molar-refractivity contribution is 9.10. The molecule has 0 radical (unpaired) electrons. The van der Waals surface area contributed by atoms with Crippen LogP contribution in [0.1, 0.15) is 11.1 Å². The van der Waals surface area contributed by atoms with Crippen molar-refractivity contribution in [2.45, 2.75) is 18.0 Å². The summed E-state index contributed by atoms with van der Waals surface area (Å²) in [7, 11) is -4.16. The van der Waals surface area contributed by atoms with Gasteiger partial charge < -0.3 is 0 Å². The van der Waals surface area contributed by atoms with Crippen molar-refractivity contribution in [3.63, 3.8) is 0 Å². The molecule has 0 aliphatic heterocycles. The molecule has 0 aliphatic carbocycles. The smallest absolute Gasteiger partial charge is 0.278 e. The first-order valence-corrected chi connectivity index (χ1v) is 9.23. The molecule has 0 saturated carbocycles. The van der Waals surface area contributed by atoms with E-state index in [9.17, 15) is 21.6 Å². The van der Waals surface area contributed by atoms with Crippen molar-refractivity contribution in [1.29, 1.82) is 0 Å². The molecule has 124 valence electrons. The first-order valence-electron chi connectivity index (χ1n) is 6.16. The van der Waals surface area contributed by atoms with Gasteiger partial charge >= 0.3 is 6.18 Å². The van der Waals surface area contributed by atoms with Crippen molar-refractivity contribution in [1.82, 2.24) is 0 Å². The number of sulfonamides is 1. The molecule has 9 heteroatoms. The maximum absolute atomic E-state index is 12.8. The van der Waals surface area contributed by atoms with Gasteiger partial charge in [0.15, 0.2) is 0 Å². The van der Waals surface area contributed by atoms with Crippen LogP contribution in [0, 0.1) is 6.92 Å². The van der Waals surface area contributed by atoms with Crippen LogP contribution in [0.3, 0.4) is 0 Å². The summed E-state index contributed by atoms with van der Waals surface area (Å²) in [5.74, 6) is 0. The molecule has 0 unspecified atom stereocenters. The van der Waals surface area contributed by atoms with E-state index in [1.807, 2.05) is 6.92 Å². The van der Waals surface area contributed by atoms with E-state index >= 15 is 0 Å². The van der Waals surface area contributed by atoms with Gasteiger partial charge in [0.2, 0.25) is 0 Å². The summed E-state index contributed by atoms with van der Waals surface area (Å²) in [6.45, 7) is 1.83. The number of anilines is 1. The topological polar surface area (TPSA) is 46.2 Å². The van der Waals surface area contributed by atoms with E-state index < -0.39 is 26.7 Å². The highest BCUT2D eigenvalue weighted by atomic mass is 79.9. The fraction of sp³-hybridized carbons (Fsp3) is 0.143. The summed E-state index contributed by atoms with van der Waals surface area (Å²) in [4.78, 5) is -0.480. The Kier molecular flexibility index (Phi) is 5.12. The molecule has 23 heavy (non-hydrogen) atoms. The third kappa shape index (κ3) is 4.48. The van der Waals surface area contributed by atoms with Crippen LogP contribution < -0.4 is 4.72 Å². The Labute approximate surface area is 148 Å². The molecule has 2 rings (SSSR count). The molecule has 0 atom stereocenters. The van der Waals surface area contributed by atoms with Gasteiger partial charge in [-0.1, -0.05) is 22.0 Å². The third-order valence-corrected chi connectivity index (χ3v) is 5.34. The standard InChI is InChI=1S/C14H10Br2F3NO2S/c1-8-2-3-13(12(16)4-8)20-23(21,22)11-6-9(14(17,18)19)5-10(15)7-11/h2-7,20H,1H3. The lowest BCUT2D eigenvalue weighted by molar-refractivity contribution is -0.137. The van der Waals surface area contributed by atoms with Gasteiger partial charge in [-0.25, -0.2) is 8.42 Å². The molecular formula is C14H10Br2F3NO2S. The third-order valence-electron chi connectivity index (χ3n) is 2.88. The van der Waals surface area contributed by atoms with Crippen LogP contribution in [0.5, 0.6) is 0 Å². The lowest BCUT2D eigenvalue weighted by Gasteiger charge is -2.13. The molecule has 0 spiro atoms. The van der Waals surface area contributed by atoms with Crippen molar-refractivity contribution < 1.29 is 21.6 Å². The Bertz CT molecular complexity index is 852. The van der Waals surface area contributed by atoms with E-state index in [0.29, 0.717) is 10.5 Å². The molecule has 0 bridgehead atoms. The zero-order valence-corrected chi connectivity index (χ0v) is 15.6. The summed E-state index contributed by atoms with van der Waals surface area (Å²) in [5.41, 5.74) is 0.0981. The zero-order chi connectivity index (χ0) is 17.4. The normalized spacial score (nSPS) is 12.3. The number of alkyl halides is 3. The summed E-state index contributed by atoms with van der Waals surface area (Å²) in [6.07, 6.45) is -4.64. The van der Waals surface area contributed by atoms with Gasteiger partial charge in [0, 0.05) is 8.95 Å². The minimum Gasteiger partial charge on any atom is -0.278 e. The first-order chi connectivity index (χ1) is 10.5. The van der Waals surface area contributed by atoms with Crippen molar-refractivity contribution in [3.8, 4) is 0 Å². The quantitative estimate of drug-likeness (QED) is 0.655. The van der Waals surface area contributed by atoms with E-state index in [1.54, 1.807) is 12.1 Å². The Morgan fingerprint density at radius 3 is 2.26 bits per heavy atom. The maximum atomic E-state index is 12.8. The molecule has 1 N–H and O–H groups in total. The highest BCUT2D eigenvalue weighted by Crippen LogP contribution is 2.34. The number of hydrogen-bond donors (Lipinski definition) is 1. The van der Waals surface area contributed by atoms with Crippen LogP contribution in [0.25, 0.3) is 0 Å². The Balaban J connectivity index is 2.46. The molecule has 2 aromatic carbocycles. The Hall–Kier alpha value is -1.06. The van der Waals surface area contributed by atoms with Crippen molar-refractivity contribution >= 4 is 47.6 Å². The SMILES string of the molecule is Cc1ccc(NS(=O)(=O)c2cc(Br)cc(C(F)(F)F)c2)c(Br)c1. The molecular weight excluding hydrogens is 463 g/mol. The van der Waals surface area contributed by atoms with Crippen molar-refractivity contribution in [2.24, 2.45) is 0 Å². The second kappa shape index (κ2) is 6.45. The van der Waals surface area contributed by atoms with E-state index in [1.165, 1.54) is 6.07 Å². The van der Waals surface area contributed by atoms with E-state index in [4.69, 9.17) is 0 Å². The Morgan fingerprint density at radius 2 is 1.70 bits per heavy atom. The first kappa shape index (κ1) is 18.3. The van der Waals surface area contributed by atoms with Crippen LogP contribution in [-0.4, -0.2) is 8.42 Å². The van der Waals surface area contributed by atoms with Crippen LogP contribution >= 0.6 is 31.9 Å². The molecule has 0 aromatic heterocycles. The van der Waals surface area contributed by atoms with E-state index in [2.05, 4.69) is 36.6 Å². The largest absolute Gasteiger partial charge is 0.416 e. The van der Waals surface area contributed by atoms with Crippen LogP contribution in [0.4, 0.5) is 18.9 Å². The van der Waals surface area contributed by atoms with Gasteiger partial charge in [-0.3, -0.25) is 4.72 Å². The number of rotatable bonds is 3. The van der Waals surface area contributed by atoms with Gasteiger partial charge in [-0.15, -0.1) is 0 Å². The number of nitrogens with one attached hydrogen (secondary N) is 1. The monoisotopic (exact) mass is 471 g/mol. The average Bonchev–Trinajstić information content (AvgIpc) is 2.40. The fourth-order valence-corrected chi connectivity index (χ4v) is 4.31. The zero-order valence-electron chi connectivity index (χ0n) is 11.6. The maximum Gasteiger partial charge on any atom is 0.416 e. The van der Waals surface area contributed by atoms with E-state index in [-0.39, 0.29) is 10.2 Å². The summed E-state index contributed by atoms with van der Waals surface area (Å²) < 4.78 is 66.0. The molecule has 3 nitrogen and oxygen atoms in total. The van der Waals surface area contributed by atoms with Gasteiger partial charge in [0.1, 0.15) is 0 Å². The molecule has 2 aromatic rings. The lowest BCUT2D eigenvalue weighted by atomic mass is 10.2. The van der Waals surface area contributed by atoms with Crippen LogP contribution in [0.2, 0.25) is 0 Å². The van der Waals surface area contributed by atoms with Crippen LogP contribution in [0.15, 0.2) is 50.2 Å². The summed E-state index contributed by atoms with van der Waals surface area (Å²) in [6, 6.07) is 7.43. The number of hydrogen-bond acceptors (Lipinski definition) is 2. The average molecular weight is 473 g/mol. The molecule has 0 fully saturated rings. The fourth-order valence-electron chi connectivity index (χ4n) is 1.79. The second-order valence-electron chi connectivity index (χ2n) is 4.76. The van der Waals surface area contributed by atoms with Crippen LogP contribution in [-0.2, 0) is 16.2 Å². The summed E-state index contributed by atoms with van der Waals surface area (Å²) >= 11 is 6.12. The van der Waals surface area contributed by atoms with E-state index in [0.717, 1.165) is 17.7 Å². The predicted octanol–water partition coefficient (Wildman–Crippen LogP) is 5.34. The van der Waals surface area contributed by atoms with Gasteiger partial charge in [0.25, 0.3) is 10.0 Å². The second-order valence-corrected chi connectivity index (χ2v) is 8.21. The van der Waals surface area contributed by atoms with Crippen molar-refractivity contribution in [2.75, 3.05) is 4.72 Å².